The summed E-state index contributed by atoms with van der Waals surface area (Å²) >= 11 is 0. The summed E-state index contributed by atoms with van der Waals surface area (Å²) in [7, 11) is -3.78. The highest BCUT2D eigenvalue weighted by Crippen LogP contribution is 2.25. The SMILES string of the molecule is CS(=O)(=O)c1cc(O)c(C(=O)CN)cc1F. The molecule has 7 heteroatoms. The Morgan fingerprint density at radius 2 is 2.06 bits per heavy atom. The maximum atomic E-state index is 13.3. The molecule has 0 spiro atoms. The molecule has 16 heavy (non-hydrogen) atoms. The molecule has 0 aliphatic heterocycles. The van der Waals surface area contributed by atoms with Gasteiger partial charge >= 0.3 is 0 Å². The van der Waals surface area contributed by atoms with Crippen molar-refractivity contribution in [2.75, 3.05) is 12.8 Å². The third-order valence-corrected chi connectivity index (χ3v) is 3.05. The lowest BCUT2D eigenvalue weighted by molar-refractivity contribution is 0.0998. The van der Waals surface area contributed by atoms with Crippen LogP contribution in [0.4, 0.5) is 4.39 Å². The van der Waals surface area contributed by atoms with E-state index in [4.69, 9.17) is 5.73 Å². The van der Waals surface area contributed by atoms with E-state index in [0.717, 1.165) is 6.26 Å². The summed E-state index contributed by atoms with van der Waals surface area (Å²) in [6, 6.07) is 1.37. The zero-order valence-electron chi connectivity index (χ0n) is 8.40. The molecule has 1 aromatic carbocycles. The number of carbonyl (C=O) groups is 1. The van der Waals surface area contributed by atoms with Crippen molar-refractivity contribution in [3.63, 3.8) is 0 Å². The lowest BCUT2D eigenvalue weighted by Gasteiger charge is -2.06. The maximum Gasteiger partial charge on any atom is 0.180 e. The fourth-order valence-corrected chi connectivity index (χ4v) is 1.90. The van der Waals surface area contributed by atoms with Gasteiger partial charge in [-0.05, 0) is 6.07 Å². The van der Waals surface area contributed by atoms with Crippen molar-refractivity contribution in [3.05, 3.63) is 23.5 Å². The molecule has 0 heterocycles. The number of ketones is 1. The lowest BCUT2D eigenvalue weighted by atomic mass is 10.1. The van der Waals surface area contributed by atoms with E-state index in [9.17, 15) is 22.7 Å². The van der Waals surface area contributed by atoms with Gasteiger partial charge in [0.1, 0.15) is 16.5 Å². The molecule has 0 unspecified atom stereocenters. The first-order valence-electron chi connectivity index (χ1n) is 4.23. The number of halogens is 1. The minimum atomic E-state index is -3.78. The first kappa shape index (κ1) is 12.6. The van der Waals surface area contributed by atoms with Crippen LogP contribution in [0.3, 0.4) is 0 Å². The number of Topliss-reactive ketones (excluding diaryl/α,β-unsaturated/α-hetero) is 1. The standard InChI is InChI=1S/C9H10FNO4S/c1-16(14,15)9-3-7(12)5(2-6(9)10)8(13)4-11/h2-3,12H,4,11H2,1H3. The molecule has 1 rings (SSSR count). The molecule has 88 valence electrons. The molecule has 3 N–H and O–H groups in total. The van der Waals surface area contributed by atoms with Crippen molar-refractivity contribution in [2.24, 2.45) is 5.73 Å². The van der Waals surface area contributed by atoms with E-state index in [1.54, 1.807) is 0 Å². The fraction of sp³-hybridized carbons (Fsp3) is 0.222. The number of aromatic hydroxyl groups is 1. The molecule has 0 saturated carbocycles. The van der Waals surface area contributed by atoms with Crippen LogP contribution in [0.15, 0.2) is 17.0 Å². The van der Waals surface area contributed by atoms with Crippen LogP contribution in [-0.2, 0) is 9.84 Å². The van der Waals surface area contributed by atoms with E-state index in [2.05, 4.69) is 0 Å². The van der Waals surface area contributed by atoms with Gasteiger partial charge in [0.2, 0.25) is 0 Å². The largest absolute Gasteiger partial charge is 0.507 e. The number of benzene rings is 1. The Morgan fingerprint density at radius 3 is 2.50 bits per heavy atom. The number of rotatable bonds is 3. The zero-order valence-corrected chi connectivity index (χ0v) is 9.21. The van der Waals surface area contributed by atoms with Crippen LogP contribution in [0.25, 0.3) is 0 Å². The van der Waals surface area contributed by atoms with E-state index >= 15 is 0 Å². The number of sulfone groups is 1. The number of phenolic OH excluding ortho intramolecular Hbond substituents is 1. The summed E-state index contributed by atoms with van der Waals surface area (Å²) in [4.78, 5) is 10.5. The highest BCUT2D eigenvalue weighted by Gasteiger charge is 2.19. The molecule has 0 bridgehead atoms. The molecule has 5 nitrogen and oxygen atoms in total. The van der Waals surface area contributed by atoms with Gasteiger partial charge in [-0.2, -0.15) is 0 Å². The number of hydrogen-bond acceptors (Lipinski definition) is 5. The van der Waals surface area contributed by atoms with Gasteiger partial charge in [-0.25, -0.2) is 12.8 Å². The lowest BCUT2D eigenvalue weighted by Crippen LogP contribution is -2.14. The van der Waals surface area contributed by atoms with Crippen molar-refractivity contribution in [2.45, 2.75) is 4.90 Å². The van der Waals surface area contributed by atoms with Gasteiger partial charge in [-0.15, -0.1) is 0 Å². The normalized spacial score (nSPS) is 11.4. The molecular formula is C9H10FNO4S. The maximum absolute atomic E-state index is 13.3. The van der Waals surface area contributed by atoms with Crippen LogP contribution in [0.2, 0.25) is 0 Å². The number of carbonyl (C=O) groups excluding carboxylic acids is 1. The smallest absolute Gasteiger partial charge is 0.180 e. The van der Waals surface area contributed by atoms with Crippen LogP contribution in [0.1, 0.15) is 10.4 Å². The summed E-state index contributed by atoms with van der Waals surface area (Å²) in [5, 5.41) is 9.37. The average molecular weight is 247 g/mol. The third-order valence-electron chi connectivity index (χ3n) is 1.94. The molecule has 0 aliphatic rings. The van der Waals surface area contributed by atoms with Crippen molar-refractivity contribution in [1.29, 1.82) is 0 Å². The van der Waals surface area contributed by atoms with E-state index in [1.165, 1.54) is 0 Å². The third kappa shape index (κ3) is 2.37. The van der Waals surface area contributed by atoms with Gasteiger partial charge in [0.05, 0.1) is 12.1 Å². The Morgan fingerprint density at radius 1 is 1.50 bits per heavy atom. The first-order valence-corrected chi connectivity index (χ1v) is 6.12. The topological polar surface area (TPSA) is 97.5 Å². The van der Waals surface area contributed by atoms with E-state index < -0.39 is 38.6 Å². The van der Waals surface area contributed by atoms with Crippen LogP contribution >= 0.6 is 0 Å². The minimum absolute atomic E-state index is 0.326. The van der Waals surface area contributed by atoms with Crippen LogP contribution in [0.5, 0.6) is 5.75 Å². The molecule has 0 amide bonds. The number of nitrogens with two attached hydrogens (primary N) is 1. The van der Waals surface area contributed by atoms with Gasteiger partial charge in [-0.1, -0.05) is 0 Å². The molecule has 0 aliphatic carbocycles. The van der Waals surface area contributed by atoms with Crippen molar-refractivity contribution in [1.82, 2.24) is 0 Å². The van der Waals surface area contributed by atoms with Crippen molar-refractivity contribution < 1.29 is 22.7 Å². The van der Waals surface area contributed by atoms with Gasteiger partial charge in [0.25, 0.3) is 0 Å². The molecule has 0 aromatic heterocycles. The summed E-state index contributed by atoms with van der Waals surface area (Å²) in [5.41, 5.74) is 4.72. The van der Waals surface area contributed by atoms with Gasteiger partial charge in [0, 0.05) is 12.3 Å². The Balaban J connectivity index is 3.45. The molecule has 0 atom stereocenters. The summed E-state index contributed by atoms with van der Waals surface area (Å²) < 4.78 is 35.5. The fourth-order valence-electron chi connectivity index (χ4n) is 1.16. The highest BCUT2D eigenvalue weighted by atomic mass is 32.2. The summed E-state index contributed by atoms with van der Waals surface area (Å²) in [6.07, 6.45) is 0.801. The highest BCUT2D eigenvalue weighted by molar-refractivity contribution is 7.90. The first-order chi connectivity index (χ1) is 7.27. The molecule has 0 radical (unpaired) electrons. The monoisotopic (exact) mass is 247 g/mol. The Bertz CT molecular complexity index is 539. The molecule has 0 saturated heterocycles. The Labute approximate surface area is 91.6 Å². The zero-order chi connectivity index (χ0) is 12.5. The van der Waals surface area contributed by atoms with Gasteiger partial charge < -0.3 is 10.8 Å². The second kappa shape index (κ2) is 4.18. The summed E-state index contributed by atoms with van der Waals surface area (Å²) in [5.74, 6) is -2.36. The predicted octanol–water partition coefficient (Wildman–Crippen LogP) is 0.0762. The molecular weight excluding hydrogens is 237 g/mol. The van der Waals surface area contributed by atoms with Crippen molar-refractivity contribution in [3.8, 4) is 5.75 Å². The minimum Gasteiger partial charge on any atom is -0.507 e. The Hall–Kier alpha value is -1.47. The van der Waals surface area contributed by atoms with E-state index in [1.807, 2.05) is 0 Å². The van der Waals surface area contributed by atoms with Crippen LogP contribution in [0, 0.1) is 5.82 Å². The van der Waals surface area contributed by atoms with Crippen molar-refractivity contribution >= 4 is 15.6 Å². The van der Waals surface area contributed by atoms with Crippen LogP contribution in [-0.4, -0.2) is 32.1 Å². The molecule has 1 aromatic rings. The average Bonchev–Trinajstić information content (AvgIpc) is 2.18. The second-order valence-corrected chi connectivity index (χ2v) is 5.18. The second-order valence-electron chi connectivity index (χ2n) is 3.20. The number of hydrogen-bond donors (Lipinski definition) is 2. The number of phenols is 1. The van der Waals surface area contributed by atoms with E-state index in [0.29, 0.717) is 12.1 Å². The van der Waals surface area contributed by atoms with Crippen LogP contribution < -0.4 is 5.73 Å². The molecule has 0 fully saturated rings. The Kier molecular flexibility index (Phi) is 3.30. The predicted molar refractivity (Wildman–Crippen MR) is 54.6 cm³/mol. The van der Waals surface area contributed by atoms with Gasteiger partial charge in [-0.3, -0.25) is 4.79 Å². The van der Waals surface area contributed by atoms with E-state index in [-0.39, 0.29) is 5.56 Å². The van der Waals surface area contributed by atoms with Gasteiger partial charge in [0.15, 0.2) is 15.6 Å². The summed E-state index contributed by atoms with van der Waals surface area (Å²) in [6.45, 7) is -0.398. The quantitative estimate of drug-likeness (QED) is 0.737.